The number of halogens is 1. The van der Waals surface area contributed by atoms with Crippen molar-refractivity contribution in [3.05, 3.63) is 23.9 Å². The quantitative estimate of drug-likeness (QED) is 0.241. The van der Waals surface area contributed by atoms with Crippen molar-refractivity contribution in [1.29, 1.82) is 0 Å². The van der Waals surface area contributed by atoms with E-state index in [0.717, 1.165) is 43.5 Å². The van der Waals surface area contributed by atoms with E-state index in [1.165, 1.54) is 32.1 Å². The predicted octanol–water partition coefficient (Wildman–Crippen LogP) is 3.56. The van der Waals surface area contributed by atoms with Crippen molar-refractivity contribution in [3.63, 3.8) is 0 Å². The molecule has 2 N–H and O–H groups in total. The Bertz CT molecular complexity index is 547. The molecule has 1 heterocycles. The van der Waals surface area contributed by atoms with Crippen LogP contribution in [0, 0.1) is 0 Å². The lowest BCUT2D eigenvalue weighted by Gasteiger charge is -2.22. The van der Waals surface area contributed by atoms with Crippen molar-refractivity contribution in [2.24, 2.45) is 4.99 Å². The number of guanidine groups is 1. The van der Waals surface area contributed by atoms with Gasteiger partial charge in [-0.1, -0.05) is 19.3 Å². The summed E-state index contributed by atoms with van der Waals surface area (Å²) >= 11 is 0. The van der Waals surface area contributed by atoms with Gasteiger partial charge in [0.15, 0.2) is 5.96 Å². The molecule has 0 spiro atoms. The second-order valence-corrected chi connectivity index (χ2v) is 7.02. The lowest BCUT2D eigenvalue weighted by atomic mass is 9.98. The molecular weight excluding hydrogens is 453 g/mol. The molecule has 1 saturated carbocycles. The van der Waals surface area contributed by atoms with Gasteiger partial charge in [0, 0.05) is 40.0 Å². The molecule has 2 rings (SSSR count). The standard InChI is InChI=1S/C20H35N5O.HI/c1-4-21-20(23-12-8-14-26-18-9-6-5-7-10-18)24-16-17-11-13-22-19(15-17)25(2)3;/h11,13,15,18H,4-10,12,14,16H2,1-3H3,(H2,21,23,24);1H. The fraction of sp³-hybridized carbons (Fsp3) is 0.700. The highest BCUT2D eigenvalue weighted by Gasteiger charge is 2.12. The van der Waals surface area contributed by atoms with Crippen LogP contribution >= 0.6 is 24.0 Å². The van der Waals surface area contributed by atoms with E-state index >= 15 is 0 Å². The van der Waals surface area contributed by atoms with Gasteiger partial charge in [-0.3, -0.25) is 0 Å². The van der Waals surface area contributed by atoms with Crippen molar-refractivity contribution >= 4 is 35.8 Å². The molecule has 1 aromatic rings. The van der Waals surface area contributed by atoms with E-state index in [1.54, 1.807) is 0 Å². The van der Waals surface area contributed by atoms with Crippen molar-refractivity contribution in [1.82, 2.24) is 15.6 Å². The molecule has 0 atom stereocenters. The SMILES string of the molecule is CCNC(=NCc1ccnc(N(C)C)c1)NCCCOC1CCCCC1.I. The lowest BCUT2D eigenvalue weighted by molar-refractivity contribution is 0.0277. The Hall–Kier alpha value is -1.09. The van der Waals surface area contributed by atoms with Gasteiger partial charge < -0.3 is 20.3 Å². The summed E-state index contributed by atoms with van der Waals surface area (Å²) in [5, 5.41) is 6.70. The van der Waals surface area contributed by atoms with Crippen LogP contribution in [-0.4, -0.2) is 50.8 Å². The molecule has 0 unspecified atom stereocenters. The summed E-state index contributed by atoms with van der Waals surface area (Å²) in [6, 6.07) is 4.09. The maximum atomic E-state index is 5.98. The summed E-state index contributed by atoms with van der Waals surface area (Å²) in [5.41, 5.74) is 1.15. The first-order valence-corrected chi connectivity index (χ1v) is 9.95. The molecule has 0 bridgehead atoms. The van der Waals surface area contributed by atoms with E-state index in [4.69, 9.17) is 4.74 Å². The van der Waals surface area contributed by atoms with E-state index in [9.17, 15) is 0 Å². The molecular formula is C20H36IN5O. The van der Waals surface area contributed by atoms with Crippen molar-refractivity contribution < 1.29 is 4.74 Å². The number of nitrogens with one attached hydrogen (secondary N) is 2. The van der Waals surface area contributed by atoms with Gasteiger partial charge in [-0.2, -0.15) is 0 Å². The summed E-state index contributed by atoms with van der Waals surface area (Å²) in [6.45, 7) is 5.27. The van der Waals surface area contributed by atoms with Gasteiger partial charge >= 0.3 is 0 Å². The third-order valence-electron chi connectivity index (χ3n) is 4.55. The minimum absolute atomic E-state index is 0. The monoisotopic (exact) mass is 489 g/mol. The average Bonchev–Trinajstić information content (AvgIpc) is 2.66. The summed E-state index contributed by atoms with van der Waals surface area (Å²) in [5.74, 6) is 1.81. The first-order chi connectivity index (χ1) is 12.7. The molecule has 154 valence electrons. The zero-order valence-corrected chi connectivity index (χ0v) is 19.4. The topological polar surface area (TPSA) is 61.8 Å². The smallest absolute Gasteiger partial charge is 0.191 e. The maximum Gasteiger partial charge on any atom is 0.191 e. The van der Waals surface area contributed by atoms with Crippen LogP contribution in [0.3, 0.4) is 0 Å². The molecule has 6 nitrogen and oxygen atoms in total. The number of aliphatic imine (C=N–C) groups is 1. The Morgan fingerprint density at radius 2 is 2.04 bits per heavy atom. The van der Waals surface area contributed by atoms with Crippen LogP contribution in [0.15, 0.2) is 23.3 Å². The molecule has 7 heteroatoms. The van der Waals surface area contributed by atoms with E-state index in [-0.39, 0.29) is 24.0 Å². The van der Waals surface area contributed by atoms with Gasteiger partial charge in [0.25, 0.3) is 0 Å². The minimum atomic E-state index is 0. The maximum absolute atomic E-state index is 5.98. The molecule has 0 saturated heterocycles. The number of anilines is 1. The van der Waals surface area contributed by atoms with Gasteiger partial charge in [0.2, 0.25) is 0 Å². The highest BCUT2D eigenvalue weighted by Crippen LogP contribution is 2.20. The van der Waals surface area contributed by atoms with E-state index in [2.05, 4.69) is 33.6 Å². The van der Waals surface area contributed by atoms with Crippen molar-refractivity contribution in [3.8, 4) is 0 Å². The highest BCUT2D eigenvalue weighted by molar-refractivity contribution is 14.0. The van der Waals surface area contributed by atoms with E-state index in [1.807, 2.05) is 31.3 Å². The van der Waals surface area contributed by atoms with Crippen LogP contribution in [0.2, 0.25) is 0 Å². The zero-order valence-electron chi connectivity index (χ0n) is 17.0. The second-order valence-electron chi connectivity index (χ2n) is 7.02. The molecule has 0 amide bonds. The highest BCUT2D eigenvalue weighted by atomic mass is 127. The van der Waals surface area contributed by atoms with Crippen molar-refractivity contribution in [2.45, 2.75) is 58.1 Å². The summed E-state index contributed by atoms with van der Waals surface area (Å²) in [7, 11) is 3.99. The first-order valence-electron chi connectivity index (χ1n) is 9.95. The third kappa shape index (κ3) is 9.60. The van der Waals surface area contributed by atoms with Crippen LogP contribution in [-0.2, 0) is 11.3 Å². The second kappa shape index (κ2) is 14.0. The average molecular weight is 489 g/mol. The number of hydrogen-bond acceptors (Lipinski definition) is 4. The zero-order chi connectivity index (χ0) is 18.6. The molecule has 1 aliphatic carbocycles. The number of hydrogen-bond donors (Lipinski definition) is 2. The molecule has 1 fully saturated rings. The Morgan fingerprint density at radius 1 is 1.26 bits per heavy atom. The summed E-state index contributed by atoms with van der Waals surface area (Å²) in [4.78, 5) is 11.0. The normalized spacial score (nSPS) is 15.1. The van der Waals surface area contributed by atoms with Crippen LogP contribution in [0.25, 0.3) is 0 Å². The fourth-order valence-electron chi connectivity index (χ4n) is 3.08. The molecule has 1 aromatic heterocycles. The summed E-state index contributed by atoms with van der Waals surface area (Å²) in [6.07, 6.45) is 9.82. The van der Waals surface area contributed by atoms with Crippen LogP contribution in [0.5, 0.6) is 0 Å². The van der Waals surface area contributed by atoms with Gasteiger partial charge in [0.05, 0.1) is 12.6 Å². The predicted molar refractivity (Wildman–Crippen MR) is 124 cm³/mol. The molecule has 0 aliphatic heterocycles. The number of rotatable bonds is 9. The van der Waals surface area contributed by atoms with Gasteiger partial charge in [-0.25, -0.2) is 9.98 Å². The van der Waals surface area contributed by atoms with Gasteiger partial charge in [-0.15, -0.1) is 24.0 Å². The van der Waals surface area contributed by atoms with Gasteiger partial charge in [-0.05, 0) is 43.9 Å². The Kier molecular flexibility index (Phi) is 12.4. The molecule has 27 heavy (non-hydrogen) atoms. The number of aromatic nitrogens is 1. The Labute approximate surface area is 181 Å². The van der Waals surface area contributed by atoms with E-state index < -0.39 is 0 Å². The van der Waals surface area contributed by atoms with Crippen molar-refractivity contribution in [2.75, 3.05) is 38.7 Å². The Balaban J connectivity index is 0.00000364. The number of nitrogens with zero attached hydrogens (tertiary/aromatic N) is 3. The fourth-order valence-corrected chi connectivity index (χ4v) is 3.08. The third-order valence-corrected chi connectivity index (χ3v) is 4.55. The number of pyridine rings is 1. The van der Waals surface area contributed by atoms with Crippen LogP contribution < -0.4 is 15.5 Å². The van der Waals surface area contributed by atoms with Gasteiger partial charge in [0.1, 0.15) is 5.82 Å². The van der Waals surface area contributed by atoms with E-state index in [0.29, 0.717) is 12.6 Å². The molecule has 0 aromatic carbocycles. The number of ether oxygens (including phenoxy) is 1. The lowest BCUT2D eigenvalue weighted by Crippen LogP contribution is -2.38. The van der Waals surface area contributed by atoms with Crippen LogP contribution in [0.4, 0.5) is 5.82 Å². The largest absolute Gasteiger partial charge is 0.378 e. The molecule has 1 aliphatic rings. The summed E-state index contributed by atoms with van der Waals surface area (Å²) < 4.78 is 5.98. The first kappa shape index (κ1) is 23.9. The van der Waals surface area contributed by atoms with Crippen LogP contribution in [0.1, 0.15) is 51.0 Å². The molecule has 0 radical (unpaired) electrons. The minimum Gasteiger partial charge on any atom is -0.378 e. The Morgan fingerprint density at radius 3 is 2.74 bits per heavy atom.